The maximum absolute atomic E-state index is 6.06. The quantitative estimate of drug-likeness (QED) is 0.901. The average molecular weight is 288 g/mol. The summed E-state index contributed by atoms with van der Waals surface area (Å²) in [5, 5.41) is 3.62. The number of ether oxygens (including phenoxy) is 1. The summed E-state index contributed by atoms with van der Waals surface area (Å²) < 4.78 is 6.06. The van der Waals surface area contributed by atoms with Crippen LogP contribution in [-0.4, -0.2) is 43.8 Å². The Balaban J connectivity index is 1.41. The van der Waals surface area contributed by atoms with Gasteiger partial charge in [0.05, 0.1) is 12.7 Å². The number of hydrogen-bond acceptors (Lipinski definition) is 3. The van der Waals surface area contributed by atoms with Crippen molar-refractivity contribution in [3.8, 4) is 0 Å². The van der Waals surface area contributed by atoms with E-state index in [1.165, 1.54) is 37.7 Å². The molecule has 116 valence electrons. The van der Waals surface area contributed by atoms with Gasteiger partial charge in [0, 0.05) is 32.2 Å². The van der Waals surface area contributed by atoms with Crippen LogP contribution < -0.4 is 5.32 Å². The van der Waals surface area contributed by atoms with Crippen LogP contribution >= 0.6 is 0 Å². The molecule has 1 aromatic rings. The molecule has 3 nitrogen and oxygen atoms in total. The van der Waals surface area contributed by atoms with Crippen molar-refractivity contribution in [2.75, 3.05) is 32.8 Å². The molecule has 3 heteroatoms. The highest BCUT2D eigenvalue weighted by atomic mass is 16.5. The van der Waals surface area contributed by atoms with Crippen molar-refractivity contribution >= 4 is 0 Å². The van der Waals surface area contributed by atoms with E-state index in [0.717, 1.165) is 32.8 Å². The van der Waals surface area contributed by atoms with Crippen LogP contribution in [0.5, 0.6) is 0 Å². The van der Waals surface area contributed by atoms with E-state index in [1.54, 1.807) is 0 Å². The Morgan fingerprint density at radius 3 is 2.71 bits per heavy atom. The first-order valence-electron chi connectivity index (χ1n) is 8.54. The minimum Gasteiger partial charge on any atom is -0.377 e. The first-order valence-corrected chi connectivity index (χ1v) is 8.54. The molecule has 1 atom stereocenters. The van der Waals surface area contributed by atoms with Crippen molar-refractivity contribution in [2.45, 2.75) is 44.2 Å². The highest BCUT2D eigenvalue weighted by Crippen LogP contribution is 2.20. The van der Waals surface area contributed by atoms with Gasteiger partial charge in [-0.25, -0.2) is 0 Å². The number of rotatable bonds is 5. The molecule has 3 rings (SSSR count). The van der Waals surface area contributed by atoms with E-state index in [-0.39, 0.29) is 0 Å². The lowest BCUT2D eigenvalue weighted by atomic mass is 9.98. The first kappa shape index (κ1) is 15.0. The largest absolute Gasteiger partial charge is 0.377 e. The van der Waals surface area contributed by atoms with Gasteiger partial charge >= 0.3 is 0 Å². The van der Waals surface area contributed by atoms with Crippen LogP contribution in [0.1, 0.15) is 43.7 Å². The molecule has 21 heavy (non-hydrogen) atoms. The minimum absolute atomic E-state index is 0.467. The minimum atomic E-state index is 0.467. The van der Waals surface area contributed by atoms with Crippen molar-refractivity contribution in [1.29, 1.82) is 0 Å². The smallest absolute Gasteiger partial charge is 0.0597 e. The highest BCUT2D eigenvalue weighted by molar-refractivity contribution is 5.19. The fraction of sp³-hybridized carbons (Fsp3) is 0.667. The molecule has 0 bridgehead atoms. The molecule has 0 radical (unpaired) electrons. The number of nitrogens with one attached hydrogen (secondary N) is 1. The van der Waals surface area contributed by atoms with Gasteiger partial charge in [-0.2, -0.15) is 0 Å². The van der Waals surface area contributed by atoms with Gasteiger partial charge in [0.15, 0.2) is 0 Å². The standard InChI is InChI=1S/C18H28N2O/c1-3-7-16(8-4-1)18-15-20(12-11-19-18)13-14-21-17-9-5-2-6-10-17/h1,3-4,7-8,17-19H,2,5-6,9-15H2. The average Bonchev–Trinajstić information content (AvgIpc) is 2.57. The maximum atomic E-state index is 6.06. The molecule has 1 saturated heterocycles. The van der Waals surface area contributed by atoms with E-state index in [9.17, 15) is 0 Å². The summed E-state index contributed by atoms with van der Waals surface area (Å²) >= 11 is 0. The monoisotopic (exact) mass is 288 g/mol. The molecule has 1 unspecified atom stereocenters. The van der Waals surface area contributed by atoms with Gasteiger partial charge in [0.1, 0.15) is 0 Å². The Morgan fingerprint density at radius 2 is 1.90 bits per heavy atom. The molecule has 1 heterocycles. The van der Waals surface area contributed by atoms with Gasteiger partial charge in [-0.15, -0.1) is 0 Å². The normalized spacial score (nSPS) is 25.0. The number of benzene rings is 1. The van der Waals surface area contributed by atoms with Gasteiger partial charge in [-0.3, -0.25) is 4.90 Å². The number of hydrogen-bond donors (Lipinski definition) is 1. The Labute approximate surface area is 128 Å². The van der Waals surface area contributed by atoms with Crippen molar-refractivity contribution in [3.63, 3.8) is 0 Å². The predicted octanol–water partition coefficient (Wildman–Crippen LogP) is 2.98. The summed E-state index contributed by atoms with van der Waals surface area (Å²) in [5.74, 6) is 0. The molecule has 0 aromatic heterocycles. The summed E-state index contributed by atoms with van der Waals surface area (Å²) in [5.41, 5.74) is 1.40. The summed E-state index contributed by atoms with van der Waals surface area (Å²) in [7, 11) is 0. The topological polar surface area (TPSA) is 24.5 Å². The SMILES string of the molecule is c1ccc(C2CN(CCOC3CCCCC3)CCN2)cc1. The third-order valence-corrected chi connectivity index (χ3v) is 4.77. The van der Waals surface area contributed by atoms with Gasteiger partial charge < -0.3 is 10.1 Å². The lowest BCUT2D eigenvalue weighted by Crippen LogP contribution is -2.46. The van der Waals surface area contributed by atoms with Crippen molar-refractivity contribution < 1.29 is 4.74 Å². The lowest BCUT2D eigenvalue weighted by Gasteiger charge is -2.34. The summed E-state index contributed by atoms with van der Waals surface area (Å²) in [6, 6.07) is 11.3. The van der Waals surface area contributed by atoms with Crippen molar-refractivity contribution in [3.05, 3.63) is 35.9 Å². The second-order valence-electron chi connectivity index (χ2n) is 6.35. The van der Waals surface area contributed by atoms with E-state index in [0.29, 0.717) is 12.1 Å². The third kappa shape index (κ3) is 4.53. The summed E-state index contributed by atoms with van der Waals surface area (Å²) in [6.07, 6.45) is 7.19. The van der Waals surface area contributed by atoms with Crippen molar-refractivity contribution in [1.82, 2.24) is 10.2 Å². The molecule has 1 N–H and O–H groups in total. The molecule has 1 aliphatic carbocycles. The molecule has 0 spiro atoms. The fourth-order valence-electron chi connectivity index (χ4n) is 3.50. The van der Waals surface area contributed by atoms with Crippen LogP contribution in [0.25, 0.3) is 0 Å². The Hall–Kier alpha value is -0.900. The van der Waals surface area contributed by atoms with E-state index < -0.39 is 0 Å². The van der Waals surface area contributed by atoms with E-state index in [4.69, 9.17) is 4.74 Å². The van der Waals surface area contributed by atoms with Gasteiger partial charge in [-0.05, 0) is 18.4 Å². The van der Waals surface area contributed by atoms with Gasteiger partial charge in [-0.1, -0.05) is 49.6 Å². The lowest BCUT2D eigenvalue weighted by molar-refractivity contribution is 0.0127. The molecular formula is C18H28N2O. The van der Waals surface area contributed by atoms with E-state index >= 15 is 0 Å². The zero-order chi connectivity index (χ0) is 14.3. The molecular weight excluding hydrogens is 260 g/mol. The van der Waals surface area contributed by atoms with Gasteiger partial charge in [0.2, 0.25) is 0 Å². The summed E-state index contributed by atoms with van der Waals surface area (Å²) in [6.45, 7) is 5.27. The van der Waals surface area contributed by atoms with Crippen LogP contribution in [0.3, 0.4) is 0 Å². The number of nitrogens with zero attached hydrogens (tertiary/aromatic N) is 1. The molecule has 1 aromatic carbocycles. The highest BCUT2D eigenvalue weighted by Gasteiger charge is 2.20. The fourth-order valence-corrected chi connectivity index (χ4v) is 3.50. The number of piperazine rings is 1. The summed E-state index contributed by atoms with van der Waals surface area (Å²) in [4.78, 5) is 2.54. The molecule has 2 aliphatic rings. The first-order chi connectivity index (χ1) is 10.4. The Bertz CT molecular complexity index is 403. The predicted molar refractivity (Wildman–Crippen MR) is 86.5 cm³/mol. The molecule has 2 fully saturated rings. The second-order valence-corrected chi connectivity index (χ2v) is 6.35. The molecule has 0 amide bonds. The third-order valence-electron chi connectivity index (χ3n) is 4.77. The van der Waals surface area contributed by atoms with Crippen molar-refractivity contribution in [2.24, 2.45) is 0 Å². The van der Waals surface area contributed by atoms with Crippen LogP contribution in [-0.2, 0) is 4.74 Å². The van der Waals surface area contributed by atoms with Crippen LogP contribution in [0.2, 0.25) is 0 Å². The van der Waals surface area contributed by atoms with Crippen LogP contribution in [0, 0.1) is 0 Å². The second kappa shape index (κ2) is 7.92. The zero-order valence-electron chi connectivity index (χ0n) is 13.0. The van der Waals surface area contributed by atoms with Crippen LogP contribution in [0.4, 0.5) is 0 Å². The van der Waals surface area contributed by atoms with Gasteiger partial charge in [0.25, 0.3) is 0 Å². The Morgan fingerprint density at radius 1 is 1.10 bits per heavy atom. The van der Waals surface area contributed by atoms with E-state index in [2.05, 4.69) is 40.5 Å². The van der Waals surface area contributed by atoms with E-state index in [1.807, 2.05) is 0 Å². The van der Waals surface area contributed by atoms with Crippen LogP contribution in [0.15, 0.2) is 30.3 Å². The molecule has 1 saturated carbocycles. The molecule has 1 aliphatic heterocycles. The zero-order valence-corrected chi connectivity index (χ0v) is 13.0. The Kier molecular flexibility index (Phi) is 5.67. The maximum Gasteiger partial charge on any atom is 0.0597 e.